The molecule has 0 aromatic carbocycles. The summed E-state index contributed by atoms with van der Waals surface area (Å²) in [4.78, 5) is 11.2. The summed E-state index contributed by atoms with van der Waals surface area (Å²) in [7, 11) is 0. The Balaban J connectivity index is 0. The average molecular weight is 300 g/mol. The normalized spacial score (nSPS) is 10.3. The van der Waals surface area contributed by atoms with E-state index in [-0.39, 0.29) is 31.1 Å². The van der Waals surface area contributed by atoms with Gasteiger partial charge in [0.15, 0.2) is 0 Å². The molecule has 0 aliphatic heterocycles. The second-order valence-electron chi connectivity index (χ2n) is 3.95. The van der Waals surface area contributed by atoms with Crippen LogP contribution in [0.25, 0.3) is 0 Å². The fraction of sp³-hybridized carbons (Fsp3) is 0.917. The zero-order chi connectivity index (χ0) is 13.6. The van der Waals surface area contributed by atoms with Gasteiger partial charge in [-0.05, 0) is 13.8 Å². The highest BCUT2D eigenvalue weighted by Crippen LogP contribution is 1.92. The van der Waals surface area contributed by atoms with Crippen molar-refractivity contribution in [2.45, 2.75) is 26.4 Å². The van der Waals surface area contributed by atoms with Gasteiger partial charge in [-0.1, -0.05) is 0 Å². The number of esters is 1. The van der Waals surface area contributed by atoms with Gasteiger partial charge < -0.3 is 24.7 Å². The van der Waals surface area contributed by atoms with Crippen molar-refractivity contribution in [3.8, 4) is 0 Å². The van der Waals surface area contributed by atoms with E-state index >= 15 is 0 Å². The SMILES string of the molecule is CC(C)OCCCOC(=O)COCCOCCN.Cl. The van der Waals surface area contributed by atoms with E-state index < -0.39 is 0 Å². The van der Waals surface area contributed by atoms with Crippen LogP contribution in [0.5, 0.6) is 0 Å². The Labute approximate surface area is 121 Å². The van der Waals surface area contributed by atoms with Gasteiger partial charge in [-0.2, -0.15) is 0 Å². The Bertz CT molecular complexity index is 205. The van der Waals surface area contributed by atoms with Gasteiger partial charge in [0.1, 0.15) is 6.61 Å². The van der Waals surface area contributed by atoms with E-state index in [9.17, 15) is 4.79 Å². The molecule has 6 nitrogen and oxygen atoms in total. The Kier molecular flexibility index (Phi) is 17.2. The van der Waals surface area contributed by atoms with E-state index in [4.69, 9.17) is 24.7 Å². The molecular weight excluding hydrogens is 274 g/mol. The van der Waals surface area contributed by atoms with Crippen molar-refractivity contribution >= 4 is 18.4 Å². The molecule has 2 N–H and O–H groups in total. The van der Waals surface area contributed by atoms with Crippen molar-refractivity contribution in [3.63, 3.8) is 0 Å². The fourth-order valence-electron chi connectivity index (χ4n) is 1.06. The lowest BCUT2D eigenvalue weighted by Crippen LogP contribution is -2.17. The number of hydrogen-bond donors (Lipinski definition) is 1. The third kappa shape index (κ3) is 17.6. The first-order valence-corrected chi connectivity index (χ1v) is 6.29. The largest absolute Gasteiger partial charge is 0.464 e. The molecule has 19 heavy (non-hydrogen) atoms. The molecule has 0 atom stereocenters. The Morgan fingerprint density at radius 2 is 1.74 bits per heavy atom. The van der Waals surface area contributed by atoms with Crippen molar-refractivity contribution in [3.05, 3.63) is 0 Å². The molecule has 0 aromatic rings. The van der Waals surface area contributed by atoms with Crippen LogP contribution in [0.2, 0.25) is 0 Å². The molecule has 0 heterocycles. The van der Waals surface area contributed by atoms with Crippen LogP contribution in [0.3, 0.4) is 0 Å². The summed E-state index contributed by atoms with van der Waals surface area (Å²) in [6.07, 6.45) is 0.904. The topological polar surface area (TPSA) is 80.0 Å². The van der Waals surface area contributed by atoms with E-state index in [1.165, 1.54) is 0 Å². The maximum atomic E-state index is 11.2. The third-order valence-corrected chi connectivity index (χ3v) is 1.86. The molecule has 0 bridgehead atoms. The Morgan fingerprint density at radius 1 is 1.05 bits per heavy atom. The smallest absolute Gasteiger partial charge is 0.332 e. The highest BCUT2D eigenvalue weighted by Gasteiger charge is 2.02. The molecule has 0 unspecified atom stereocenters. The molecule has 0 fully saturated rings. The molecular formula is C12H26ClNO5. The monoisotopic (exact) mass is 299 g/mol. The first kappa shape index (κ1) is 20.9. The van der Waals surface area contributed by atoms with Crippen molar-refractivity contribution in [1.82, 2.24) is 0 Å². The fourth-order valence-corrected chi connectivity index (χ4v) is 1.06. The van der Waals surface area contributed by atoms with Gasteiger partial charge in [0.25, 0.3) is 0 Å². The first-order chi connectivity index (χ1) is 8.66. The molecule has 0 rings (SSSR count). The van der Waals surface area contributed by atoms with Gasteiger partial charge in [0.05, 0.1) is 39.1 Å². The van der Waals surface area contributed by atoms with Gasteiger partial charge in [-0.15, -0.1) is 12.4 Å². The molecule has 0 aliphatic rings. The third-order valence-electron chi connectivity index (χ3n) is 1.86. The Hall–Kier alpha value is -0.400. The summed E-state index contributed by atoms with van der Waals surface area (Å²) >= 11 is 0. The van der Waals surface area contributed by atoms with Crippen LogP contribution in [-0.2, 0) is 23.7 Å². The summed E-state index contributed by atoms with van der Waals surface area (Å²) in [6.45, 7) is 6.63. The van der Waals surface area contributed by atoms with Crippen LogP contribution in [0, 0.1) is 0 Å². The van der Waals surface area contributed by atoms with Gasteiger partial charge in [-0.25, -0.2) is 4.79 Å². The lowest BCUT2D eigenvalue weighted by Gasteiger charge is -2.08. The van der Waals surface area contributed by atoms with Crippen LogP contribution in [-0.4, -0.2) is 58.3 Å². The van der Waals surface area contributed by atoms with Gasteiger partial charge in [-0.3, -0.25) is 0 Å². The van der Waals surface area contributed by atoms with Crippen molar-refractivity contribution in [2.75, 3.05) is 46.2 Å². The summed E-state index contributed by atoms with van der Waals surface area (Å²) in [5, 5.41) is 0. The second-order valence-corrected chi connectivity index (χ2v) is 3.95. The molecule has 0 aliphatic carbocycles. The van der Waals surface area contributed by atoms with E-state index in [0.717, 1.165) is 0 Å². The predicted octanol–water partition coefficient (Wildman–Crippen LogP) is 0.758. The number of ether oxygens (including phenoxy) is 4. The number of carbonyl (C=O) groups is 1. The zero-order valence-electron chi connectivity index (χ0n) is 11.8. The van der Waals surface area contributed by atoms with Crippen molar-refractivity contribution < 1.29 is 23.7 Å². The van der Waals surface area contributed by atoms with E-state index in [1.807, 2.05) is 13.8 Å². The van der Waals surface area contributed by atoms with Gasteiger partial charge in [0.2, 0.25) is 0 Å². The lowest BCUT2D eigenvalue weighted by molar-refractivity contribution is -0.149. The predicted molar refractivity (Wildman–Crippen MR) is 74.6 cm³/mol. The van der Waals surface area contributed by atoms with Gasteiger partial charge >= 0.3 is 5.97 Å². The number of hydrogen-bond acceptors (Lipinski definition) is 6. The van der Waals surface area contributed by atoms with E-state index in [1.54, 1.807) is 0 Å². The minimum absolute atomic E-state index is 0. The van der Waals surface area contributed by atoms with Crippen molar-refractivity contribution in [2.24, 2.45) is 5.73 Å². The van der Waals surface area contributed by atoms with Gasteiger partial charge in [0, 0.05) is 13.0 Å². The molecule has 0 saturated carbocycles. The van der Waals surface area contributed by atoms with Crippen molar-refractivity contribution in [1.29, 1.82) is 0 Å². The molecule has 0 radical (unpaired) electrons. The maximum absolute atomic E-state index is 11.2. The minimum atomic E-state index is -0.363. The summed E-state index contributed by atoms with van der Waals surface area (Å²) < 4.78 is 20.4. The highest BCUT2D eigenvalue weighted by molar-refractivity contribution is 5.85. The summed E-state index contributed by atoms with van der Waals surface area (Å²) in [6, 6.07) is 0. The molecule has 116 valence electrons. The number of nitrogens with two attached hydrogens (primary N) is 1. The van der Waals surface area contributed by atoms with Crippen LogP contribution in [0.1, 0.15) is 20.3 Å². The second kappa shape index (κ2) is 15.7. The van der Waals surface area contributed by atoms with E-state index in [0.29, 0.717) is 46.0 Å². The minimum Gasteiger partial charge on any atom is -0.464 e. The first-order valence-electron chi connectivity index (χ1n) is 6.29. The Morgan fingerprint density at radius 3 is 2.37 bits per heavy atom. The average Bonchev–Trinajstić information content (AvgIpc) is 2.33. The van der Waals surface area contributed by atoms with E-state index in [2.05, 4.69) is 0 Å². The van der Waals surface area contributed by atoms with Crippen LogP contribution in [0.4, 0.5) is 0 Å². The maximum Gasteiger partial charge on any atom is 0.332 e. The lowest BCUT2D eigenvalue weighted by atomic mass is 10.4. The molecule has 0 amide bonds. The zero-order valence-corrected chi connectivity index (χ0v) is 12.6. The summed E-state index contributed by atoms with van der Waals surface area (Å²) in [5.41, 5.74) is 5.24. The van der Waals surface area contributed by atoms with Crippen LogP contribution < -0.4 is 5.73 Å². The quantitative estimate of drug-likeness (QED) is 0.423. The highest BCUT2D eigenvalue weighted by atomic mass is 35.5. The summed E-state index contributed by atoms with van der Waals surface area (Å²) in [5.74, 6) is -0.363. The molecule has 0 spiro atoms. The van der Waals surface area contributed by atoms with Crippen LogP contribution >= 0.6 is 12.4 Å². The standard InChI is InChI=1S/C12H25NO5.ClH/c1-11(2)17-5-3-6-18-12(14)10-16-9-8-15-7-4-13;/h11H,3-10,13H2,1-2H3;1H. The number of halogens is 1. The number of rotatable bonds is 12. The number of carbonyl (C=O) groups excluding carboxylic acids is 1. The molecule has 7 heteroatoms. The molecule has 0 aromatic heterocycles. The molecule has 0 saturated heterocycles. The van der Waals surface area contributed by atoms with Crippen LogP contribution in [0.15, 0.2) is 0 Å².